The topological polar surface area (TPSA) is 23.7 Å². The normalized spacial score (nSPS) is 16.7. The van der Waals surface area contributed by atoms with Crippen molar-refractivity contribution in [2.45, 2.75) is 64.8 Å². The smallest absolute Gasteiger partial charge is 0.231 e. The summed E-state index contributed by atoms with van der Waals surface area (Å²) >= 11 is 0. The van der Waals surface area contributed by atoms with E-state index in [4.69, 9.17) is 0 Å². The molecule has 0 saturated carbocycles. The lowest BCUT2D eigenvalue weighted by Crippen LogP contribution is -2.83. The molecule has 4 aromatic rings. The number of hydrogen-bond donors (Lipinski definition) is 1. The first kappa shape index (κ1) is 51.1. The highest BCUT2D eigenvalue weighted by Gasteiger charge is 2.53. The summed E-state index contributed by atoms with van der Waals surface area (Å²) in [5.41, 5.74) is -14.1. The van der Waals surface area contributed by atoms with Crippen molar-refractivity contribution in [2.24, 2.45) is 0 Å². The van der Waals surface area contributed by atoms with Gasteiger partial charge < -0.3 is 0 Å². The first-order chi connectivity index (χ1) is 30.7. The van der Waals surface area contributed by atoms with Gasteiger partial charge in [0.15, 0.2) is 75.3 Å². The second-order valence-corrected chi connectivity index (χ2v) is 19.8. The number of hydrogen-bond acceptors (Lipinski definition) is 0. The van der Waals surface area contributed by atoms with Crippen molar-refractivity contribution < 1.29 is 92.6 Å². The van der Waals surface area contributed by atoms with Gasteiger partial charge in [0, 0.05) is 39.3 Å². The van der Waals surface area contributed by atoms with Gasteiger partial charge in [0.05, 0.1) is 0 Å². The van der Waals surface area contributed by atoms with Crippen LogP contribution in [0.25, 0.3) is 0 Å². The fourth-order valence-electron chi connectivity index (χ4n) is 9.01. The van der Waals surface area contributed by atoms with Gasteiger partial charge in [-0.05, 0) is 59.3 Å². The lowest BCUT2D eigenvalue weighted by Gasteiger charge is -2.44. The fraction of sp³-hybridized carbons (Fsp3) is 0.400. The number of benzene rings is 4. The maximum atomic E-state index is 15.4. The van der Waals surface area contributed by atoms with Gasteiger partial charge in [0.1, 0.15) is 52.7 Å². The van der Waals surface area contributed by atoms with Crippen molar-refractivity contribution in [1.29, 1.82) is 0 Å². The summed E-state index contributed by atoms with van der Waals surface area (Å²) in [7, 11) is -1.51. The largest absolute Gasteiger partial charge is 0.310 e. The molecule has 1 N–H and O–H groups in total. The van der Waals surface area contributed by atoms with E-state index >= 15 is 35.1 Å². The third-order valence-electron chi connectivity index (χ3n) is 11.6. The van der Waals surface area contributed by atoms with Crippen LogP contribution in [0.2, 0.25) is 0 Å². The zero-order valence-corrected chi connectivity index (χ0v) is 35.3. The van der Waals surface area contributed by atoms with Crippen LogP contribution in [0.1, 0.15) is 59.3 Å². The molecule has 4 nitrogen and oxygen atoms in total. The molecule has 26 heteroatoms. The van der Waals surface area contributed by atoms with Crippen LogP contribution in [0, 0.1) is 116 Å². The second kappa shape index (κ2) is 18.6. The monoisotopic (exact) mass is 992 g/mol. The van der Waals surface area contributed by atoms with Crippen molar-refractivity contribution >= 4 is 35.5 Å². The predicted molar refractivity (Wildman–Crippen MR) is 199 cm³/mol. The molecule has 0 radical (unpaired) electrons. The van der Waals surface area contributed by atoms with Crippen molar-refractivity contribution in [2.75, 3.05) is 39.3 Å². The van der Waals surface area contributed by atoms with Crippen LogP contribution in [0.3, 0.4) is 0 Å². The standard InChI is InChI=1S/C24BF20.C16H33N4P/c26-5-1(6(27)14(35)21(42)13(5)34)25(2-7(28)15(36)22(43)16(37)8(2)29,3-9(30)17(38)23(44)18(39)10(3)31)4-11(32)19(40)24(45)20(41)12(4)33;1-16(2,3)17-21(18-10-4-5-11-18,19-12-6-7-13-19)20-14-8-9-15-20/h;4-15H2,1-3H3/q-1;/p+1. The maximum absolute atomic E-state index is 15.4. The molecule has 0 atom stereocenters. The van der Waals surface area contributed by atoms with Gasteiger partial charge in [0.2, 0.25) is 0 Å². The molecule has 0 aromatic heterocycles. The summed E-state index contributed by atoms with van der Waals surface area (Å²) in [5, 5.41) is 0. The third-order valence-corrected chi connectivity index (χ3v) is 16.2. The second-order valence-electron chi connectivity index (χ2n) is 16.7. The summed E-state index contributed by atoms with van der Waals surface area (Å²) in [6, 6.07) is 0. The average Bonchev–Trinajstić information content (AvgIpc) is 4.12. The van der Waals surface area contributed by atoms with Crippen LogP contribution in [-0.4, -0.2) is 65.0 Å². The zero-order valence-electron chi connectivity index (χ0n) is 34.4. The van der Waals surface area contributed by atoms with Gasteiger partial charge in [-0.3, -0.25) is 0 Å². The molecule has 362 valence electrons. The number of nitrogens with zero attached hydrogens (tertiary/aromatic N) is 3. The number of halogens is 20. The van der Waals surface area contributed by atoms with Crippen LogP contribution < -0.4 is 26.6 Å². The minimum atomic E-state index is -7.22. The Morgan fingerprint density at radius 1 is 0.303 bits per heavy atom. The molecule has 0 aliphatic carbocycles. The first-order valence-electron chi connectivity index (χ1n) is 19.9. The number of nitrogens with one attached hydrogen (secondary N) is 1. The Kier molecular flexibility index (Phi) is 14.4. The van der Waals surface area contributed by atoms with E-state index in [0.29, 0.717) is 0 Å². The highest BCUT2D eigenvalue weighted by Crippen LogP contribution is 2.57. The highest BCUT2D eigenvalue weighted by molar-refractivity contribution is 7.56. The van der Waals surface area contributed by atoms with Gasteiger partial charge in [0.25, 0.3) is 0 Å². The van der Waals surface area contributed by atoms with E-state index in [1.54, 1.807) is 0 Å². The van der Waals surface area contributed by atoms with Crippen molar-refractivity contribution in [1.82, 2.24) is 14.0 Å². The molecule has 66 heavy (non-hydrogen) atoms. The quantitative estimate of drug-likeness (QED) is 0.0670. The Labute approximate surface area is 362 Å². The van der Waals surface area contributed by atoms with Crippen molar-refractivity contribution in [3.8, 4) is 0 Å². The summed E-state index contributed by atoms with van der Waals surface area (Å²) in [5.74, 6) is -71.4. The van der Waals surface area contributed by atoms with Gasteiger partial charge in [-0.25, -0.2) is 107 Å². The van der Waals surface area contributed by atoms with Crippen molar-refractivity contribution in [3.63, 3.8) is 0 Å². The van der Waals surface area contributed by atoms with E-state index in [1.807, 2.05) is 0 Å². The summed E-state index contributed by atoms with van der Waals surface area (Å²) in [4.78, 5) is 0. The summed E-state index contributed by atoms with van der Waals surface area (Å²) in [6.45, 7) is 14.8. The first-order valence-corrected chi connectivity index (χ1v) is 21.6. The van der Waals surface area contributed by atoms with E-state index in [9.17, 15) is 52.7 Å². The zero-order chi connectivity index (χ0) is 49.3. The minimum absolute atomic E-state index is 0.182. The van der Waals surface area contributed by atoms with E-state index in [2.05, 4.69) is 39.5 Å². The van der Waals surface area contributed by atoms with Crippen molar-refractivity contribution in [3.05, 3.63) is 116 Å². The average molecular weight is 992 g/mol. The van der Waals surface area contributed by atoms with Crippen LogP contribution in [-0.2, 0) is 0 Å². The molecule has 3 heterocycles. The molecule has 0 amide bonds. The third kappa shape index (κ3) is 7.95. The number of rotatable bonds is 7. The molecule has 0 unspecified atom stereocenters. The Morgan fingerprint density at radius 2 is 0.455 bits per heavy atom. The molecule has 3 aliphatic rings. The van der Waals surface area contributed by atoms with Gasteiger partial charge >= 0.3 is 7.51 Å². The van der Waals surface area contributed by atoms with E-state index in [0.717, 1.165) is 0 Å². The molecule has 7 rings (SSSR count). The minimum Gasteiger partial charge on any atom is -0.231 e. The van der Waals surface area contributed by atoms with Gasteiger partial charge in [-0.1, -0.05) is 0 Å². The molecule has 0 bridgehead atoms. The fourth-order valence-corrected chi connectivity index (χ4v) is 13.9. The van der Waals surface area contributed by atoms with E-state index in [1.165, 1.54) is 77.8 Å². The Balaban J connectivity index is 0.000000284. The lowest BCUT2D eigenvalue weighted by atomic mass is 9.12. The molecule has 3 saturated heterocycles. The molecule has 3 fully saturated rings. The predicted octanol–water partition coefficient (Wildman–Crippen LogP) is 7.95. The van der Waals surface area contributed by atoms with E-state index in [-0.39, 0.29) is 5.54 Å². The molecular weight excluding hydrogens is 958 g/mol. The molecule has 0 spiro atoms. The Hall–Kier alpha value is -4.35. The van der Waals surface area contributed by atoms with Gasteiger partial charge in [-0.2, -0.15) is 0 Å². The summed E-state index contributed by atoms with van der Waals surface area (Å²) in [6.07, 6.45) is 1.09. The SMILES string of the molecule is CC(C)(C)[NH+]=P(N1CCCC1)(N1CCCC1)N1CCCC1.Fc1c(F)c(F)c([B-](c2c(F)c(F)c(F)c(F)c2F)(c2c(F)c(F)c(F)c(F)c2F)c2c(F)c(F)c(F)c(F)c2F)c(F)c1F. The Bertz CT molecular complexity index is 2210. The van der Waals surface area contributed by atoms with Crippen LogP contribution in [0.15, 0.2) is 0 Å². The van der Waals surface area contributed by atoms with Crippen LogP contribution in [0.5, 0.6) is 0 Å². The van der Waals surface area contributed by atoms with Crippen LogP contribution >= 0.6 is 7.51 Å². The van der Waals surface area contributed by atoms with Crippen LogP contribution in [0.4, 0.5) is 87.8 Å². The summed E-state index contributed by atoms with van der Waals surface area (Å²) < 4.78 is 307. The highest BCUT2D eigenvalue weighted by atomic mass is 31.2. The molecular formula is C40H34BF20N4P. The van der Waals surface area contributed by atoms with Gasteiger partial charge in [-0.15, -0.1) is 21.9 Å². The Morgan fingerprint density at radius 3 is 0.606 bits per heavy atom. The molecule has 4 aromatic carbocycles. The van der Waals surface area contributed by atoms with E-state index < -0.39 is 152 Å². The maximum Gasteiger partial charge on any atom is 0.310 e. The molecule has 3 aliphatic heterocycles. The lowest BCUT2D eigenvalue weighted by molar-refractivity contribution is -0.527.